The summed E-state index contributed by atoms with van der Waals surface area (Å²) in [5.41, 5.74) is 7.03. The lowest BCUT2D eigenvalue weighted by Gasteiger charge is -2.12. The van der Waals surface area contributed by atoms with Crippen LogP contribution in [0.3, 0.4) is 0 Å². The van der Waals surface area contributed by atoms with E-state index in [-0.39, 0.29) is 5.84 Å². The van der Waals surface area contributed by atoms with Gasteiger partial charge in [0.2, 0.25) is 0 Å². The van der Waals surface area contributed by atoms with Gasteiger partial charge in [-0.25, -0.2) is 0 Å². The van der Waals surface area contributed by atoms with Gasteiger partial charge in [-0.1, -0.05) is 26.0 Å². The van der Waals surface area contributed by atoms with Gasteiger partial charge in [-0.2, -0.15) is 5.10 Å². The van der Waals surface area contributed by atoms with Crippen LogP contribution in [0.4, 0.5) is 0 Å². The van der Waals surface area contributed by atoms with E-state index in [9.17, 15) is 0 Å². The standard InChI is InChI=1S/C16H22N4O/c1-3-13(4-2)20-10-9-12(19-20)11-21-15-8-6-5-7-14(15)16(17)18/h5-10,13H,3-4,11H2,1-2H3,(H3,17,18). The van der Waals surface area contributed by atoms with Gasteiger partial charge in [0.15, 0.2) is 0 Å². The van der Waals surface area contributed by atoms with Gasteiger partial charge in [0, 0.05) is 6.20 Å². The second-order valence-corrected chi connectivity index (χ2v) is 4.96. The summed E-state index contributed by atoms with van der Waals surface area (Å²) < 4.78 is 7.74. The molecular formula is C16H22N4O. The van der Waals surface area contributed by atoms with Crippen molar-refractivity contribution in [1.82, 2.24) is 9.78 Å². The topological polar surface area (TPSA) is 76.9 Å². The quantitative estimate of drug-likeness (QED) is 0.606. The van der Waals surface area contributed by atoms with Crippen molar-refractivity contribution in [3.05, 3.63) is 47.8 Å². The zero-order valence-electron chi connectivity index (χ0n) is 12.5. The molecule has 0 saturated carbocycles. The van der Waals surface area contributed by atoms with Crippen molar-refractivity contribution in [2.45, 2.75) is 39.3 Å². The number of nitrogens with two attached hydrogens (primary N) is 1. The molecule has 0 amide bonds. The van der Waals surface area contributed by atoms with E-state index in [0.717, 1.165) is 18.5 Å². The predicted molar refractivity (Wildman–Crippen MR) is 83.6 cm³/mol. The Morgan fingerprint density at radius 3 is 2.67 bits per heavy atom. The smallest absolute Gasteiger partial charge is 0.132 e. The molecular weight excluding hydrogens is 264 g/mol. The van der Waals surface area contributed by atoms with Crippen LogP contribution >= 0.6 is 0 Å². The Balaban J connectivity index is 2.05. The Bertz CT molecular complexity index is 602. The van der Waals surface area contributed by atoms with Crippen LogP contribution in [0.2, 0.25) is 0 Å². The predicted octanol–water partition coefficient (Wildman–Crippen LogP) is 3.11. The average molecular weight is 286 g/mol. The number of nitrogens with zero attached hydrogens (tertiary/aromatic N) is 2. The molecule has 0 aliphatic rings. The van der Waals surface area contributed by atoms with Crippen LogP contribution < -0.4 is 10.5 Å². The Hall–Kier alpha value is -2.30. The highest BCUT2D eigenvalue weighted by molar-refractivity contribution is 5.97. The molecule has 21 heavy (non-hydrogen) atoms. The van der Waals surface area contributed by atoms with Crippen molar-refractivity contribution < 1.29 is 4.74 Å². The van der Waals surface area contributed by atoms with Crippen LogP contribution in [-0.2, 0) is 6.61 Å². The number of ether oxygens (including phenoxy) is 1. The van der Waals surface area contributed by atoms with E-state index in [1.54, 1.807) is 6.07 Å². The van der Waals surface area contributed by atoms with Gasteiger partial charge in [0.05, 0.1) is 17.3 Å². The fourth-order valence-corrected chi connectivity index (χ4v) is 2.29. The highest BCUT2D eigenvalue weighted by Gasteiger charge is 2.10. The van der Waals surface area contributed by atoms with Crippen molar-refractivity contribution in [2.24, 2.45) is 5.73 Å². The maximum atomic E-state index is 7.55. The molecule has 112 valence electrons. The van der Waals surface area contributed by atoms with Crippen LogP contribution in [-0.4, -0.2) is 15.6 Å². The van der Waals surface area contributed by atoms with Gasteiger partial charge in [0.25, 0.3) is 0 Å². The van der Waals surface area contributed by atoms with Crippen molar-refractivity contribution >= 4 is 5.84 Å². The minimum Gasteiger partial charge on any atom is -0.486 e. The zero-order chi connectivity index (χ0) is 15.2. The molecule has 0 atom stereocenters. The molecule has 0 spiro atoms. The van der Waals surface area contributed by atoms with Crippen molar-refractivity contribution in [1.29, 1.82) is 5.41 Å². The summed E-state index contributed by atoms with van der Waals surface area (Å²) in [7, 11) is 0. The summed E-state index contributed by atoms with van der Waals surface area (Å²) in [6.45, 7) is 4.70. The lowest BCUT2D eigenvalue weighted by molar-refractivity contribution is 0.296. The molecule has 0 aliphatic heterocycles. The van der Waals surface area contributed by atoms with Crippen LogP contribution in [0.15, 0.2) is 36.5 Å². The first-order valence-electron chi connectivity index (χ1n) is 7.26. The van der Waals surface area contributed by atoms with Gasteiger partial charge in [0.1, 0.15) is 18.2 Å². The number of amidine groups is 1. The van der Waals surface area contributed by atoms with Crippen molar-refractivity contribution in [3.63, 3.8) is 0 Å². The number of nitrogens with one attached hydrogen (secondary N) is 1. The third-order valence-electron chi connectivity index (χ3n) is 3.53. The molecule has 5 heteroatoms. The van der Waals surface area contributed by atoms with Crippen molar-refractivity contribution in [2.75, 3.05) is 0 Å². The van der Waals surface area contributed by atoms with Crippen LogP contribution in [0.25, 0.3) is 0 Å². The number of para-hydroxylation sites is 1. The summed E-state index contributed by atoms with van der Waals surface area (Å²) in [5.74, 6) is 0.621. The Morgan fingerprint density at radius 2 is 2.00 bits per heavy atom. The SMILES string of the molecule is CCC(CC)n1ccc(COc2ccccc2C(=N)N)n1. The third-order valence-corrected chi connectivity index (χ3v) is 3.53. The molecule has 1 aromatic carbocycles. The van der Waals surface area contributed by atoms with Gasteiger partial charge in [-0.15, -0.1) is 0 Å². The fraction of sp³-hybridized carbons (Fsp3) is 0.375. The van der Waals surface area contributed by atoms with E-state index in [4.69, 9.17) is 15.9 Å². The van der Waals surface area contributed by atoms with E-state index in [0.29, 0.717) is 24.0 Å². The summed E-state index contributed by atoms with van der Waals surface area (Å²) in [4.78, 5) is 0. The lowest BCUT2D eigenvalue weighted by Crippen LogP contribution is -2.13. The Kier molecular flexibility index (Phi) is 4.98. The number of rotatable bonds is 7. The van der Waals surface area contributed by atoms with E-state index >= 15 is 0 Å². The number of hydrogen-bond acceptors (Lipinski definition) is 3. The second kappa shape index (κ2) is 6.92. The molecule has 3 N–H and O–H groups in total. The molecule has 1 aromatic heterocycles. The number of aromatic nitrogens is 2. The highest BCUT2D eigenvalue weighted by atomic mass is 16.5. The van der Waals surface area contributed by atoms with E-state index in [1.807, 2.05) is 35.1 Å². The fourth-order valence-electron chi connectivity index (χ4n) is 2.29. The molecule has 5 nitrogen and oxygen atoms in total. The molecule has 0 radical (unpaired) electrons. The molecule has 0 aliphatic carbocycles. The van der Waals surface area contributed by atoms with E-state index in [2.05, 4.69) is 18.9 Å². The van der Waals surface area contributed by atoms with Crippen LogP contribution in [0, 0.1) is 5.41 Å². The number of nitrogen functional groups attached to an aromatic ring is 1. The van der Waals surface area contributed by atoms with E-state index < -0.39 is 0 Å². The molecule has 0 fully saturated rings. The van der Waals surface area contributed by atoms with Gasteiger partial charge in [-0.05, 0) is 31.0 Å². The Morgan fingerprint density at radius 1 is 1.29 bits per heavy atom. The van der Waals surface area contributed by atoms with Gasteiger partial charge in [-0.3, -0.25) is 10.1 Å². The lowest BCUT2D eigenvalue weighted by atomic mass is 10.2. The van der Waals surface area contributed by atoms with Crippen LogP contribution in [0.5, 0.6) is 5.75 Å². The maximum absolute atomic E-state index is 7.55. The van der Waals surface area contributed by atoms with Gasteiger partial charge >= 0.3 is 0 Å². The minimum absolute atomic E-state index is 0.00755. The second-order valence-electron chi connectivity index (χ2n) is 4.96. The van der Waals surface area contributed by atoms with Gasteiger partial charge < -0.3 is 10.5 Å². The number of hydrogen-bond donors (Lipinski definition) is 2. The first kappa shape index (κ1) is 15.1. The monoisotopic (exact) mass is 286 g/mol. The maximum Gasteiger partial charge on any atom is 0.132 e. The Labute approximate surface area is 125 Å². The largest absolute Gasteiger partial charge is 0.486 e. The number of benzene rings is 1. The van der Waals surface area contributed by atoms with Crippen molar-refractivity contribution in [3.8, 4) is 5.75 Å². The first-order valence-corrected chi connectivity index (χ1v) is 7.26. The molecule has 2 aromatic rings. The zero-order valence-corrected chi connectivity index (χ0v) is 12.5. The minimum atomic E-state index is 0.00755. The summed E-state index contributed by atoms with van der Waals surface area (Å²) in [6, 6.07) is 9.70. The summed E-state index contributed by atoms with van der Waals surface area (Å²) in [6.07, 6.45) is 4.12. The third kappa shape index (κ3) is 3.62. The molecule has 2 rings (SSSR count). The normalized spacial score (nSPS) is 10.8. The molecule has 0 saturated heterocycles. The van der Waals surface area contributed by atoms with E-state index in [1.165, 1.54) is 0 Å². The highest BCUT2D eigenvalue weighted by Crippen LogP contribution is 2.19. The van der Waals surface area contributed by atoms with Crippen LogP contribution in [0.1, 0.15) is 44.0 Å². The average Bonchev–Trinajstić information content (AvgIpc) is 2.95. The molecule has 0 bridgehead atoms. The first-order chi connectivity index (χ1) is 10.2. The molecule has 1 heterocycles. The molecule has 0 unspecified atom stereocenters. The summed E-state index contributed by atoms with van der Waals surface area (Å²) >= 11 is 0. The summed E-state index contributed by atoms with van der Waals surface area (Å²) in [5, 5.41) is 12.1.